The Balaban J connectivity index is 1.62. The molecule has 0 aromatic carbocycles. The van der Waals surface area contributed by atoms with E-state index < -0.39 is 12.2 Å². The molecule has 1 saturated heterocycles. The number of hydrogen-bond donors (Lipinski definition) is 3. The Bertz CT molecular complexity index is 623. The van der Waals surface area contributed by atoms with Crippen LogP contribution in [0.4, 0.5) is 0 Å². The molecule has 3 N–H and O–H groups in total. The predicted octanol–water partition coefficient (Wildman–Crippen LogP) is 2.19. The van der Waals surface area contributed by atoms with Gasteiger partial charge in [0.2, 0.25) is 0 Å². The number of hydrogen-bond acceptors (Lipinski definition) is 4. The first-order valence-electron chi connectivity index (χ1n) is 10.8. The first-order chi connectivity index (χ1) is 12.4. The van der Waals surface area contributed by atoms with Crippen molar-refractivity contribution in [2.45, 2.75) is 64.1 Å². The Morgan fingerprint density at radius 1 is 1.12 bits per heavy atom. The molecule has 0 aromatic heterocycles. The average molecular weight is 362 g/mol. The van der Waals surface area contributed by atoms with E-state index in [9.17, 15) is 15.3 Å². The second-order valence-corrected chi connectivity index (χ2v) is 10.6. The van der Waals surface area contributed by atoms with Crippen LogP contribution in [0.15, 0.2) is 12.2 Å². The number of likely N-dealkylation sites (tertiary alicyclic amines) is 1. The molecule has 1 heterocycles. The average Bonchev–Trinajstić information content (AvgIpc) is 2.60. The maximum Gasteiger partial charge on any atom is 0.0834 e. The van der Waals surface area contributed by atoms with E-state index in [4.69, 9.17) is 0 Å². The van der Waals surface area contributed by atoms with E-state index in [-0.39, 0.29) is 22.9 Å². The topological polar surface area (TPSA) is 63.9 Å². The fraction of sp³-hybridized carbons (Fsp3) is 0.909. The van der Waals surface area contributed by atoms with Gasteiger partial charge in [0.05, 0.1) is 18.8 Å². The summed E-state index contributed by atoms with van der Waals surface area (Å²) in [7, 11) is 0. The largest absolute Gasteiger partial charge is 0.395 e. The second-order valence-electron chi connectivity index (χ2n) is 10.6. The van der Waals surface area contributed by atoms with Crippen molar-refractivity contribution in [3.05, 3.63) is 12.2 Å². The molecule has 0 aromatic rings. The van der Waals surface area contributed by atoms with Gasteiger partial charge in [0.15, 0.2) is 0 Å². The number of aliphatic hydroxyl groups is 3. The first kappa shape index (κ1) is 17.7. The van der Waals surface area contributed by atoms with Crippen molar-refractivity contribution in [3.8, 4) is 0 Å². The third kappa shape index (κ3) is 1.95. The number of aliphatic hydroxyl groups excluding tert-OH is 3. The molecule has 6 fully saturated rings. The zero-order valence-electron chi connectivity index (χ0n) is 16.2. The summed E-state index contributed by atoms with van der Waals surface area (Å²) in [6.45, 7) is 9.72. The van der Waals surface area contributed by atoms with Crippen LogP contribution in [-0.2, 0) is 0 Å². The molecule has 5 saturated carbocycles. The molecule has 146 valence electrons. The van der Waals surface area contributed by atoms with E-state index in [1.54, 1.807) is 0 Å². The normalized spacial score (nSPS) is 56.2. The van der Waals surface area contributed by atoms with E-state index >= 15 is 0 Å². The third-order valence-electron chi connectivity index (χ3n) is 9.70. The van der Waals surface area contributed by atoms with E-state index in [2.05, 4.69) is 18.4 Å². The van der Waals surface area contributed by atoms with Gasteiger partial charge < -0.3 is 15.3 Å². The smallest absolute Gasteiger partial charge is 0.0834 e. The summed E-state index contributed by atoms with van der Waals surface area (Å²) < 4.78 is 0. The van der Waals surface area contributed by atoms with Crippen molar-refractivity contribution in [3.63, 3.8) is 0 Å². The molecule has 4 heteroatoms. The SMILES string of the molecule is C=C1C2CCC3(C(O)CC4C5(C)CCCC4(CN(CCO)C5)C3C2)C1O. The summed E-state index contributed by atoms with van der Waals surface area (Å²) >= 11 is 0. The van der Waals surface area contributed by atoms with Gasteiger partial charge in [0.1, 0.15) is 0 Å². The maximum absolute atomic E-state index is 11.4. The Labute approximate surface area is 157 Å². The van der Waals surface area contributed by atoms with Gasteiger partial charge in [-0.3, -0.25) is 4.90 Å². The van der Waals surface area contributed by atoms with E-state index in [1.807, 2.05) is 0 Å². The number of β-amino-alcohol motifs (C(OH)–C–C–N with tert-alkyl or cyclic N) is 1. The van der Waals surface area contributed by atoms with Gasteiger partial charge in [-0.2, -0.15) is 0 Å². The predicted molar refractivity (Wildman–Crippen MR) is 100 cm³/mol. The summed E-state index contributed by atoms with van der Waals surface area (Å²) in [5.74, 6) is 1.37. The zero-order valence-corrected chi connectivity index (χ0v) is 16.2. The maximum atomic E-state index is 11.4. The molecule has 0 radical (unpaired) electrons. The number of nitrogens with zero attached hydrogens (tertiary/aromatic N) is 1. The molecule has 8 atom stereocenters. The van der Waals surface area contributed by atoms with Crippen molar-refractivity contribution in [1.82, 2.24) is 4.90 Å². The van der Waals surface area contributed by atoms with Crippen LogP contribution in [-0.4, -0.2) is 58.7 Å². The van der Waals surface area contributed by atoms with E-state index in [0.29, 0.717) is 17.8 Å². The highest BCUT2D eigenvalue weighted by molar-refractivity contribution is 5.29. The fourth-order valence-corrected chi connectivity index (χ4v) is 8.82. The third-order valence-corrected chi connectivity index (χ3v) is 9.70. The van der Waals surface area contributed by atoms with Gasteiger partial charge in [-0.1, -0.05) is 19.9 Å². The lowest BCUT2D eigenvalue weighted by molar-refractivity contribution is -0.276. The lowest BCUT2D eigenvalue weighted by Gasteiger charge is -2.73. The Kier molecular flexibility index (Phi) is 3.78. The van der Waals surface area contributed by atoms with Crippen LogP contribution in [0.3, 0.4) is 0 Å². The lowest BCUT2D eigenvalue weighted by Crippen LogP contribution is -2.74. The molecule has 6 aliphatic rings. The number of rotatable bonds is 2. The van der Waals surface area contributed by atoms with Crippen LogP contribution >= 0.6 is 0 Å². The molecule has 4 bridgehead atoms. The highest BCUT2D eigenvalue weighted by Gasteiger charge is 2.72. The van der Waals surface area contributed by atoms with Gasteiger partial charge in [-0.15, -0.1) is 0 Å². The Hall–Kier alpha value is -0.420. The summed E-state index contributed by atoms with van der Waals surface area (Å²) in [4.78, 5) is 2.49. The van der Waals surface area contributed by atoms with Crippen LogP contribution in [0.5, 0.6) is 0 Å². The van der Waals surface area contributed by atoms with Crippen LogP contribution in [0.1, 0.15) is 51.9 Å². The minimum atomic E-state index is -0.535. The Morgan fingerprint density at radius 3 is 2.69 bits per heavy atom. The van der Waals surface area contributed by atoms with Crippen molar-refractivity contribution in [2.75, 3.05) is 26.2 Å². The summed E-state index contributed by atoms with van der Waals surface area (Å²) in [6.07, 6.45) is 6.77. The summed E-state index contributed by atoms with van der Waals surface area (Å²) in [6, 6.07) is 0. The van der Waals surface area contributed by atoms with Gasteiger partial charge >= 0.3 is 0 Å². The standard InChI is InChI=1S/C22H35NO3/c1-14-15-4-7-22(19(14)26)17(10-15)21-6-3-5-20(2,16(21)11-18(22)25)12-23(13-21)8-9-24/h15-19,24-26H,1,3-13H2,2H3. The zero-order chi connectivity index (χ0) is 18.3. The quantitative estimate of drug-likeness (QED) is 0.660. The molecule has 0 amide bonds. The van der Waals surface area contributed by atoms with Crippen molar-refractivity contribution in [1.29, 1.82) is 0 Å². The Morgan fingerprint density at radius 2 is 1.92 bits per heavy atom. The molecule has 8 unspecified atom stereocenters. The molecule has 5 aliphatic carbocycles. The molecule has 1 spiro atoms. The van der Waals surface area contributed by atoms with E-state index in [1.165, 1.54) is 19.3 Å². The monoisotopic (exact) mass is 361 g/mol. The molecule has 6 rings (SSSR count). The number of piperidine rings is 1. The second kappa shape index (κ2) is 5.56. The van der Waals surface area contributed by atoms with Crippen molar-refractivity contribution in [2.24, 2.45) is 34.0 Å². The minimum Gasteiger partial charge on any atom is -0.395 e. The highest BCUT2D eigenvalue weighted by atomic mass is 16.3. The van der Waals surface area contributed by atoms with Crippen LogP contribution in [0.25, 0.3) is 0 Å². The summed E-state index contributed by atoms with van der Waals surface area (Å²) in [5, 5.41) is 32.2. The first-order valence-corrected chi connectivity index (χ1v) is 10.8. The van der Waals surface area contributed by atoms with Gasteiger partial charge in [0.25, 0.3) is 0 Å². The highest BCUT2D eigenvalue weighted by Crippen LogP contribution is 2.73. The van der Waals surface area contributed by atoms with Crippen LogP contribution in [0, 0.1) is 34.0 Å². The molecular formula is C22H35NO3. The van der Waals surface area contributed by atoms with Gasteiger partial charge in [0, 0.05) is 25.0 Å². The van der Waals surface area contributed by atoms with E-state index in [0.717, 1.165) is 50.9 Å². The minimum absolute atomic E-state index is 0.194. The molecule has 4 nitrogen and oxygen atoms in total. The fourth-order valence-electron chi connectivity index (χ4n) is 8.82. The van der Waals surface area contributed by atoms with Crippen LogP contribution in [0.2, 0.25) is 0 Å². The van der Waals surface area contributed by atoms with Crippen LogP contribution < -0.4 is 0 Å². The summed E-state index contributed by atoms with van der Waals surface area (Å²) in [5.41, 5.74) is 1.04. The molecule has 26 heavy (non-hydrogen) atoms. The molecule has 1 aliphatic heterocycles. The van der Waals surface area contributed by atoms with Gasteiger partial charge in [-0.25, -0.2) is 0 Å². The van der Waals surface area contributed by atoms with Crippen molar-refractivity contribution >= 4 is 0 Å². The van der Waals surface area contributed by atoms with Gasteiger partial charge in [-0.05, 0) is 72.7 Å². The number of fused-ring (bicyclic) bond motifs is 2. The van der Waals surface area contributed by atoms with Crippen molar-refractivity contribution < 1.29 is 15.3 Å². The lowest BCUT2D eigenvalue weighted by atomic mass is 9.34. The molecular weight excluding hydrogens is 326 g/mol.